The van der Waals surface area contributed by atoms with Crippen molar-refractivity contribution >= 4 is 0 Å². The third kappa shape index (κ3) is 7.82. The smallest absolute Gasteiger partial charge is 0.154 e. The largest absolute Gasteiger partial charge is 0.353 e. The Hall–Kier alpha value is -0.0800. The van der Waals surface area contributed by atoms with E-state index in [1.54, 1.807) is 0 Å². The van der Waals surface area contributed by atoms with Crippen molar-refractivity contribution in [2.75, 3.05) is 13.2 Å². The van der Waals surface area contributed by atoms with Crippen LogP contribution in [-0.4, -0.2) is 19.5 Å². The van der Waals surface area contributed by atoms with Crippen LogP contribution in [0.25, 0.3) is 0 Å². The third-order valence-electron chi connectivity index (χ3n) is 1.50. The van der Waals surface area contributed by atoms with Gasteiger partial charge in [-0.25, -0.2) is 0 Å². The van der Waals surface area contributed by atoms with Crippen LogP contribution in [-0.2, 0) is 9.47 Å². The predicted octanol–water partition coefficient (Wildman–Crippen LogP) is 2.58. The first kappa shape index (κ1) is 10.9. The Balaban J connectivity index is 2.97. The third-order valence-corrected chi connectivity index (χ3v) is 1.50. The van der Waals surface area contributed by atoms with Crippen molar-refractivity contribution in [3.8, 4) is 0 Å². The standard InChI is InChI=1S/C9H20O2/c1-4-6-7-8-11-9(3)10-5-2/h9H,4-8H2,1-3H3/t9-/m1/s1. The van der Waals surface area contributed by atoms with Crippen molar-refractivity contribution in [2.45, 2.75) is 46.3 Å². The van der Waals surface area contributed by atoms with E-state index in [0.29, 0.717) is 0 Å². The van der Waals surface area contributed by atoms with E-state index in [-0.39, 0.29) is 6.29 Å². The molecule has 0 rings (SSSR count). The van der Waals surface area contributed by atoms with E-state index in [1.165, 1.54) is 12.8 Å². The summed E-state index contributed by atoms with van der Waals surface area (Å²) < 4.78 is 10.6. The molecule has 0 bridgehead atoms. The van der Waals surface area contributed by atoms with Gasteiger partial charge in [0.05, 0.1) is 0 Å². The molecule has 0 unspecified atom stereocenters. The van der Waals surface area contributed by atoms with Crippen LogP contribution in [0.2, 0.25) is 0 Å². The van der Waals surface area contributed by atoms with Crippen LogP contribution in [0.5, 0.6) is 0 Å². The lowest BCUT2D eigenvalue weighted by atomic mass is 10.3. The van der Waals surface area contributed by atoms with Crippen molar-refractivity contribution in [1.29, 1.82) is 0 Å². The first-order chi connectivity index (χ1) is 5.31. The lowest BCUT2D eigenvalue weighted by Crippen LogP contribution is -2.13. The van der Waals surface area contributed by atoms with Gasteiger partial charge in [-0.3, -0.25) is 0 Å². The number of unbranched alkanes of at least 4 members (excludes halogenated alkanes) is 2. The van der Waals surface area contributed by atoms with Gasteiger partial charge in [-0.1, -0.05) is 19.8 Å². The molecule has 0 amide bonds. The van der Waals surface area contributed by atoms with Crippen LogP contribution in [0.4, 0.5) is 0 Å². The van der Waals surface area contributed by atoms with E-state index in [4.69, 9.17) is 9.47 Å². The number of ether oxygens (including phenoxy) is 2. The van der Waals surface area contributed by atoms with Crippen LogP contribution in [0.3, 0.4) is 0 Å². The molecule has 0 aromatic rings. The minimum absolute atomic E-state index is 0.0307. The summed E-state index contributed by atoms with van der Waals surface area (Å²) in [6.07, 6.45) is 3.61. The fraction of sp³-hybridized carbons (Fsp3) is 1.00. The lowest BCUT2D eigenvalue weighted by Gasteiger charge is -2.11. The molecule has 0 spiro atoms. The second-order valence-electron chi connectivity index (χ2n) is 2.60. The van der Waals surface area contributed by atoms with Gasteiger partial charge in [0.15, 0.2) is 6.29 Å². The zero-order valence-corrected chi connectivity index (χ0v) is 7.93. The van der Waals surface area contributed by atoms with Crippen LogP contribution >= 0.6 is 0 Å². The van der Waals surface area contributed by atoms with Crippen LogP contribution in [0, 0.1) is 0 Å². The zero-order chi connectivity index (χ0) is 8.53. The second-order valence-corrected chi connectivity index (χ2v) is 2.60. The van der Waals surface area contributed by atoms with Gasteiger partial charge in [0.25, 0.3) is 0 Å². The Morgan fingerprint density at radius 1 is 1.09 bits per heavy atom. The molecule has 2 nitrogen and oxygen atoms in total. The minimum atomic E-state index is -0.0307. The monoisotopic (exact) mass is 160 g/mol. The molecule has 0 radical (unpaired) electrons. The van der Waals surface area contributed by atoms with Gasteiger partial charge in [0, 0.05) is 13.2 Å². The van der Waals surface area contributed by atoms with E-state index in [0.717, 1.165) is 19.6 Å². The van der Waals surface area contributed by atoms with Gasteiger partial charge in [0.2, 0.25) is 0 Å². The summed E-state index contributed by atoms with van der Waals surface area (Å²) in [6.45, 7) is 7.66. The molecule has 68 valence electrons. The molecule has 0 saturated carbocycles. The Labute approximate surface area is 69.9 Å². The molecule has 0 heterocycles. The second kappa shape index (κ2) is 8.02. The highest BCUT2D eigenvalue weighted by Gasteiger charge is 1.98. The summed E-state index contributed by atoms with van der Waals surface area (Å²) in [5.41, 5.74) is 0. The van der Waals surface area contributed by atoms with Gasteiger partial charge < -0.3 is 9.47 Å². The highest BCUT2D eigenvalue weighted by molar-refractivity contribution is 4.37. The Morgan fingerprint density at radius 2 is 1.82 bits per heavy atom. The summed E-state index contributed by atoms with van der Waals surface area (Å²) in [6, 6.07) is 0. The summed E-state index contributed by atoms with van der Waals surface area (Å²) in [4.78, 5) is 0. The maximum Gasteiger partial charge on any atom is 0.154 e. The number of rotatable bonds is 7. The molecule has 0 aliphatic carbocycles. The molecule has 11 heavy (non-hydrogen) atoms. The van der Waals surface area contributed by atoms with Gasteiger partial charge in [-0.2, -0.15) is 0 Å². The van der Waals surface area contributed by atoms with Crippen LogP contribution in [0.15, 0.2) is 0 Å². The van der Waals surface area contributed by atoms with Crippen molar-refractivity contribution in [1.82, 2.24) is 0 Å². The summed E-state index contributed by atoms with van der Waals surface area (Å²) in [5, 5.41) is 0. The Kier molecular flexibility index (Phi) is 7.96. The van der Waals surface area contributed by atoms with Gasteiger partial charge in [0.1, 0.15) is 0 Å². The van der Waals surface area contributed by atoms with E-state index in [2.05, 4.69) is 6.92 Å². The van der Waals surface area contributed by atoms with E-state index < -0.39 is 0 Å². The van der Waals surface area contributed by atoms with Crippen molar-refractivity contribution < 1.29 is 9.47 Å². The molecular weight excluding hydrogens is 140 g/mol. The Bertz CT molecular complexity index is 74.0. The Morgan fingerprint density at radius 3 is 2.36 bits per heavy atom. The van der Waals surface area contributed by atoms with E-state index in [1.807, 2.05) is 13.8 Å². The predicted molar refractivity (Wildman–Crippen MR) is 46.6 cm³/mol. The quantitative estimate of drug-likeness (QED) is 0.421. The van der Waals surface area contributed by atoms with Crippen molar-refractivity contribution in [3.63, 3.8) is 0 Å². The van der Waals surface area contributed by atoms with Crippen molar-refractivity contribution in [2.24, 2.45) is 0 Å². The maximum atomic E-state index is 5.36. The molecule has 0 aromatic heterocycles. The molecule has 0 aliphatic heterocycles. The molecule has 0 saturated heterocycles. The molecule has 1 atom stereocenters. The minimum Gasteiger partial charge on any atom is -0.353 e. The first-order valence-electron chi connectivity index (χ1n) is 4.54. The number of hydrogen-bond donors (Lipinski definition) is 0. The zero-order valence-electron chi connectivity index (χ0n) is 7.93. The van der Waals surface area contributed by atoms with Crippen LogP contribution < -0.4 is 0 Å². The van der Waals surface area contributed by atoms with Gasteiger partial charge >= 0.3 is 0 Å². The average molecular weight is 160 g/mol. The average Bonchev–Trinajstić information content (AvgIpc) is 1.99. The van der Waals surface area contributed by atoms with Gasteiger partial charge in [-0.15, -0.1) is 0 Å². The maximum absolute atomic E-state index is 5.36. The topological polar surface area (TPSA) is 18.5 Å². The highest BCUT2D eigenvalue weighted by Crippen LogP contribution is 1.98. The molecule has 2 heteroatoms. The number of hydrogen-bond acceptors (Lipinski definition) is 2. The summed E-state index contributed by atoms with van der Waals surface area (Å²) in [5.74, 6) is 0. The fourth-order valence-corrected chi connectivity index (χ4v) is 0.884. The molecule has 0 aliphatic rings. The van der Waals surface area contributed by atoms with Crippen molar-refractivity contribution in [3.05, 3.63) is 0 Å². The summed E-state index contributed by atoms with van der Waals surface area (Å²) >= 11 is 0. The fourth-order valence-electron chi connectivity index (χ4n) is 0.884. The summed E-state index contributed by atoms with van der Waals surface area (Å²) in [7, 11) is 0. The molecular formula is C9H20O2. The SMILES string of the molecule is CCCCCO[C@H](C)OCC. The highest BCUT2D eigenvalue weighted by atomic mass is 16.7. The van der Waals surface area contributed by atoms with E-state index >= 15 is 0 Å². The van der Waals surface area contributed by atoms with E-state index in [9.17, 15) is 0 Å². The molecule has 0 fully saturated rings. The normalized spacial score (nSPS) is 13.4. The van der Waals surface area contributed by atoms with Crippen LogP contribution in [0.1, 0.15) is 40.0 Å². The molecule has 0 N–H and O–H groups in total. The van der Waals surface area contributed by atoms with Gasteiger partial charge in [-0.05, 0) is 20.3 Å². The first-order valence-corrected chi connectivity index (χ1v) is 4.54. The lowest BCUT2D eigenvalue weighted by molar-refractivity contribution is -0.127. The molecule has 0 aromatic carbocycles.